The van der Waals surface area contributed by atoms with Crippen molar-refractivity contribution in [2.45, 2.75) is 13.1 Å². The number of nitrogens with zero attached hydrogens (tertiary/aromatic N) is 3. The van der Waals surface area contributed by atoms with Gasteiger partial charge in [-0.15, -0.1) is 0 Å². The second-order valence-corrected chi connectivity index (χ2v) is 7.20. The van der Waals surface area contributed by atoms with Gasteiger partial charge in [0.05, 0.1) is 0 Å². The lowest BCUT2D eigenvalue weighted by Gasteiger charge is -2.19. The Morgan fingerprint density at radius 3 is 2.50 bits per heavy atom. The molecule has 0 saturated carbocycles. The van der Waals surface area contributed by atoms with E-state index in [9.17, 15) is 4.79 Å². The summed E-state index contributed by atoms with van der Waals surface area (Å²) in [6, 6.07) is 23.9. The smallest absolute Gasteiger partial charge is 0.270 e. The Balaban J connectivity index is 1.67. The van der Waals surface area contributed by atoms with Crippen LogP contribution in [0.3, 0.4) is 0 Å². The number of hydrogen-bond acceptors (Lipinski definition) is 2. The largest absolute Gasteiger partial charge is 0.336 e. The molecule has 4 rings (SSSR count). The molecule has 140 valence electrons. The first kappa shape index (κ1) is 18.3. The van der Waals surface area contributed by atoms with Crippen molar-refractivity contribution in [3.05, 3.63) is 101 Å². The molecular weight excluding hydrogens is 370 g/mol. The van der Waals surface area contributed by atoms with Crippen LogP contribution in [0.4, 0.5) is 0 Å². The van der Waals surface area contributed by atoms with Crippen molar-refractivity contribution in [1.29, 1.82) is 0 Å². The van der Waals surface area contributed by atoms with E-state index in [1.165, 1.54) is 0 Å². The normalized spacial score (nSPS) is 10.9. The van der Waals surface area contributed by atoms with Gasteiger partial charge in [0.2, 0.25) is 0 Å². The highest BCUT2D eigenvalue weighted by Gasteiger charge is 2.19. The second kappa shape index (κ2) is 7.87. The first-order valence-corrected chi connectivity index (χ1v) is 9.48. The molecule has 28 heavy (non-hydrogen) atoms. The topological polar surface area (TPSA) is 38.1 Å². The van der Waals surface area contributed by atoms with Crippen molar-refractivity contribution in [1.82, 2.24) is 14.5 Å². The molecule has 0 spiro atoms. The van der Waals surface area contributed by atoms with Crippen LogP contribution in [-0.4, -0.2) is 27.4 Å². The Morgan fingerprint density at radius 2 is 1.75 bits per heavy atom. The fourth-order valence-corrected chi connectivity index (χ4v) is 3.48. The summed E-state index contributed by atoms with van der Waals surface area (Å²) >= 11 is 5.85. The quantitative estimate of drug-likeness (QED) is 0.450. The number of carbonyl (C=O) groups is 1. The lowest BCUT2D eigenvalue weighted by atomic mass is 10.2. The molecule has 0 aliphatic heterocycles. The van der Waals surface area contributed by atoms with E-state index in [0.29, 0.717) is 23.9 Å². The van der Waals surface area contributed by atoms with Crippen molar-refractivity contribution in [3.8, 4) is 0 Å². The lowest BCUT2D eigenvalue weighted by Crippen LogP contribution is -2.28. The molecule has 0 saturated heterocycles. The number of fused-ring (bicyclic) bond motifs is 1. The molecule has 5 heteroatoms. The maximum absolute atomic E-state index is 13.3. The van der Waals surface area contributed by atoms with Gasteiger partial charge in [-0.2, -0.15) is 0 Å². The number of carbonyl (C=O) groups excluding carboxylic acids is 1. The Kier molecular flexibility index (Phi) is 5.13. The summed E-state index contributed by atoms with van der Waals surface area (Å²) in [7, 11) is 1.81. The zero-order valence-electron chi connectivity index (χ0n) is 15.5. The predicted octanol–water partition coefficient (Wildman–Crippen LogP) is 5.01. The maximum atomic E-state index is 13.3. The van der Waals surface area contributed by atoms with Gasteiger partial charge in [0.1, 0.15) is 10.8 Å². The van der Waals surface area contributed by atoms with Crippen molar-refractivity contribution in [3.63, 3.8) is 0 Å². The van der Waals surface area contributed by atoms with Gasteiger partial charge in [-0.3, -0.25) is 4.79 Å². The Hall–Kier alpha value is -3.11. The number of rotatable bonds is 5. The summed E-state index contributed by atoms with van der Waals surface area (Å²) < 4.78 is 2.09. The number of benzene rings is 2. The highest BCUT2D eigenvalue weighted by Crippen LogP contribution is 2.23. The average molecular weight is 390 g/mol. The average Bonchev–Trinajstić information content (AvgIpc) is 3.08. The van der Waals surface area contributed by atoms with Crippen LogP contribution < -0.4 is 0 Å². The fraction of sp³-hybridized carbons (Fsp3) is 0.130. The Labute approximate surface area is 169 Å². The molecule has 0 unspecified atom stereocenters. The first-order valence-electron chi connectivity index (χ1n) is 9.10. The second-order valence-electron chi connectivity index (χ2n) is 6.81. The zero-order valence-corrected chi connectivity index (χ0v) is 16.3. The maximum Gasteiger partial charge on any atom is 0.270 e. The van der Waals surface area contributed by atoms with E-state index in [1.807, 2.05) is 55.6 Å². The summed E-state index contributed by atoms with van der Waals surface area (Å²) in [6.45, 7) is 1.11. The number of amides is 1. The van der Waals surface area contributed by atoms with E-state index in [-0.39, 0.29) is 5.91 Å². The Bertz CT molecular complexity index is 1100. The number of hydrogen-bond donors (Lipinski definition) is 0. The van der Waals surface area contributed by atoms with Crippen molar-refractivity contribution < 1.29 is 4.79 Å². The third kappa shape index (κ3) is 3.78. The molecule has 0 aliphatic carbocycles. The van der Waals surface area contributed by atoms with E-state index in [1.54, 1.807) is 17.2 Å². The molecule has 0 radical (unpaired) electrons. The van der Waals surface area contributed by atoms with Crippen LogP contribution in [0.2, 0.25) is 5.15 Å². The highest BCUT2D eigenvalue weighted by atomic mass is 35.5. The van der Waals surface area contributed by atoms with Gasteiger partial charge in [0.15, 0.2) is 0 Å². The molecule has 0 N–H and O–H groups in total. The SMILES string of the molecule is CN(Cc1ccc(Cl)nc1)C(=O)c1cc2ccccc2n1Cc1ccccc1. The summed E-state index contributed by atoms with van der Waals surface area (Å²) in [6.07, 6.45) is 1.70. The molecule has 0 bridgehead atoms. The first-order chi connectivity index (χ1) is 13.6. The predicted molar refractivity (Wildman–Crippen MR) is 113 cm³/mol. The monoisotopic (exact) mass is 389 g/mol. The number of pyridine rings is 1. The highest BCUT2D eigenvalue weighted by molar-refractivity contribution is 6.29. The minimum absolute atomic E-state index is 0.0259. The van der Waals surface area contributed by atoms with E-state index in [0.717, 1.165) is 22.0 Å². The molecule has 0 aliphatic rings. The summed E-state index contributed by atoms with van der Waals surface area (Å²) in [5.41, 5.74) is 3.82. The van der Waals surface area contributed by atoms with Crippen LogP contribution in [0.5, 0.6) is 0 Å². The van der Waals surface area contributed by atoms with Crippen LogP contribution in [0.15, 0.2) is 79.0 Å². The van der Waals surface area contributed by atoms with Crippen molar-refractivity contribution in [2.75, 3.05) is 7.05 Å². The van der Waals surface area contributed by atoms with Crippen LogP contribution in [0.25, 0.3) is 10.9 Å². The number of aromatic nitrogens is 2. The molecule has 1 amide bonds. The third-order valence-electron chi connectivity index (χ3n) is 4.77. The number of halogens is 1. The molecular formula is C23H20ClN3O. The molecule has 2 aromatic carbocycles. The molecule has 4 aromatic rings. The standard InChI is InChI=1S/C23H20ClN3O/c1-26(15-18-11-12-22(24)25-14-18)23(28)21-13-19-9-5-6-10-20(19)27(21)16-17-7-3-2-4-8-17/h2-14H,15-16H2,1H3. The van der Waals surface area contributed by atoms with Crippen molar-refractivity contribution in [2.24, 2.45) is 0 Å². The van der Waals surface area contributed by atoms with E-state index in [2.05, 4.69) is 27.8 Å². The minimum atomic E-state index is -0.0259. The van der Waals surface area contributed by atoms with Gasteiger partial charge in [-0.05, 0) is 29.3 Å². The van der Waals surface area contributed by atoms with E-state index in [4.69, 9.17) is 11.6 Å². The van der Waals surface area contributed by atoms with Gasteiger partial charge in [0.25, 0.3) is 5.91 Å². The Morgan fingerprint density at radius 1 is 1.00 bits per heavy atom. The minimum Gasteiger partial charge on any atom is -0.336 e. The van der Waals surface area contributed by atoms with Gasteiger partial charge in [0, 0.05) is 37.2 Å². The summed E-state index contributed by atoms with van der Waals surface area (Å²) in [5.74, 6) is -0.0259. The molecule has 0 fully saturated rings. The summed E-state index contributed by atoms with van der Waals surface area (Å²) in [4.78, 5) is 19.1. The van der Waals surface area contributed by atoms with Gasteiger partial charge in [-0.1, -0.05) is 66.2 Å². The van der Waals surface area contributed by atoms with Crippen LogP contribution >= 0.6 is 11.6 Å². The van der Waals surface area contributed by atoms with Crippen LogP contribution in [0.1, 0.15) is 21.6 Å². The van der Waals surface area contributed by atoms with Crippen LogP contribution in [-0.2, 0) is 13.1 Å². The summed E-state index contributed by atoms with van der Waals surface area (Å²) in [5, 5.41) is 1.50. The fourth-order valence-electron chi connectivity index (χ4n) is 3.37. The van der Waals surface area contributed by atoms with Gasteiger partial charge in [-0.25, -0.2) is 4.98 Å². The molecule has 0 atom stereocenters. The van der Waals surface area contributed by atoms with E-state index < -0.39 is 0 Å². The number of para-hydroxylation sites is 1. The third-order valence-corrected chi connectivity index (χ3v) is 4.99. The van der Waals surface area contributed by atoms with Gasteiger partial charge < -0.3 is 9.47 Å². The lowest BCUT2D eigenvalue weighted by molar-refractivity contribution is 0.0775. The van der Waals surface area contributed by atoms with Crippen molar-refractivity contribution >= 4 is 28.4 Å². The van der Waals surface area contributed by atoms with Crippen LogP contribution in [0, 0.1) is 0 Å². The molecule has 4 nitrogen and oxygen atoms in total. The van der Waals surface area contributed by atoms with Gasteiger partial charge >= 0.3 is 0 Å². The van der Waals surface area contributed by atoms with E-state index >= 15 is 0 Å². The zero-order chi connectivity index (χ0) is 19.5. The molecule has 2 aromatic heterocycles. The molecule has 2 heterocycles.